The first-order chi connectivity index (χ1) is 10.5. The first-order valence-electron chi connectivity index (χ1n) is 6.69. The van der Waals surface area contributed by atoms with Gasteiger partial charge in [0.25, 0.3) is 0 Å². The Morgan fingerprint density at radius 1 is 1.14 bits per heavy atom. The molecule has 1 aliphatic heterocycles. The molecule has 22 heavy (non-hydrogen) atoms. The maximum atomic E-state index is 12.5. The van der Waals surface area contributed by atoms with Gasteiger partial charge < -0.3 is 5.73 Å². The minimum absolute atomic E-state index is 0.171. The summed E-state index contributed by atoms with van der Waals surface area (Å²) in [5.41, 5.74) is 6.88. The molecule has 0 bridgehead atoms. The molecule has 2 aromatic rings. The molecule has 0 unspecified atom stereocenters. The molecule has 2 amide bonds. The summed E-state index contributed by atoms with van der Waals surface area (Å²) in [6, 6.07) is 14.0. The molecular formula is C16H13ClN2O2S. The Kier molecular flexibility index (Phi) is 4.09. The van der Waals surface area contributed by atoms with Gasteiger partial charge in [0.1, 0.15) is 0 Å². The molecule has 0 aliphatic carbocycles. The van der Waals surface area contributed by atoms with Gasteiger partial charge in [-0.25, -0.2) is 4.90 Å². The lowest BCUT2D eigenvalue weighted by Crippen LogP contribution is -2.31. The van der Waals surface area contributed by atoms with Crippen molar-refractivity contribution >= 4 is 46.6 Å². The average molecular weight is 333 g/mol. The molecule has 1 aliphatic rings. The van der Waals surface area contributed by atoms with Gasteiger partial charge >= 0.3 is 0 Å². The van der Waals surface area contributed by atoms with E-state index >= 15 is 0 Å². The maximum absolute atomic E-state index is 12.5. The Morgan fingerprint density at radius 2 is 1.91 bits per heavy atom. The van der Waals surface area contributed by atoms with E-state index in [4.69, 9.17) is 17.3 Å². The van der Waals surface area contributed by atoms with Crippen molar-refractivity contribution in [1.29, 1.82) is 0 Å². The van der Waals surface area contributed by atoms with Crippen molar-refractivity contribution in [1.82, 2.24) is 0 Å². The molecule has 0 aromatic heterocycles. The van der Waals surface area contributed by atoms with Gasteiger partial charge in [0, 0.05) is 22.0 Å². The molecule has 6 heteroatoms. The molecule has 1 heterocycles. The Hall–Kier alpha value is -1.98. The van der Waals surface area contributed by atoms with Gasteiger partial charge in [0.15, 0.2) is 0 Å². The smallest absolute Gasteiger partial charge is 0.247 e. The van der Waals surface area contributed by atoms with Crippen molar-refractivity contribution in [2.45, 2.75) is 16.6 Å². The summed E-state index contributed by atoms with van der Waals surface area (Å²) in [7, 11) is 0. The van der Waals surface area contributed by atoms with Crippen LogP contribution in [-0.4, -0.2) is 17.1 Å². The second-order valence-corrected chi connectivity index (χ2v) is 6.64. The number of carbonyl (C=O) groups is 2. The fourth-order valence-electron chi connectivity index (χ4n) is 2.33. The highest BCUT2D eigenvalue weighted by molar-refractivity contribution is 8.00. The minimum Gasteiger partial charge on any atom is -0.399 e. The van der Waals surface area contributed by atoms with Crippen LogP contribution in [0.3, 0.4) is 0 Å². The molecule has 112 valence electrons. The third-order valence-corrected chi connectivity index (χ3v) is 4.72. The standard InChI is InChI=1S/C16H13ClN2O2S/c17-10-3-1-5-12(7-10)19-15(20)9-14(16(19)21)22-13-6-2-4-11(18)8-13/h1-8,14H,9,18H2/t14-/m0/s1. The molecule has 1 fully saturated rings. The van der Waals surface area contributed by atoms with Crippen molar-refractivity contribution in [2.24, 2.45) is 0 Å². The SMILES string of the molecule is Nc1cccc(S[C@H]2CC(=O)N(c3cccc(Cl)c3)C2=O)c1. The number of amides is 2. The normalized spacial score (nSPS) is 18.0. The van der Waals surface area contributed by atoms with Crippen LogP contribution in [0.15, 0.2) is 53.4 Å². The quantitative estimate of drug-likeness (QED) is 0.691. The van der Waals surface area contributed by atoms with Crippen molar-refractivity contribution in [3.8, 4) is 0 Å². The Labute approximate surface area is 137 Å². The number of nitrogens with zero attached hydrogens (tertiary/aromatic N) is 1. The van der Waals surface area contributed by atoms with Crippen molar-refractivity contribution in [3.63, 3.8) is 0 Å². The molecular weight excluding hydrogens is 320 g/mol. The van der Waals surface area contributed by atoms with E-state index < -0.39 is 5.25 Å². The van der Waals surface area contributed by atoms with E-state index in [1.807, 2.05) is 12.1 Å². The van der Waals surface area contributed by atoms with E-state index in [9.17, 15) is 9.59 Å². The van der Waals surface area contributed by atoms with Crippen LogP contribution in [0.1, 0.15) is 6.42 Å². The summed E-state index contributed by atoms with van der Waals surface area (Å²) < 4.78 is 0. The molecule has 0 radical (unpaired) electrons. The van der Waals surface area contributed by atoms with Crippen LogP contribution in [0.4, 0.5) is 11.4 Å². The largest absolute Gasteiger partial charge is 0.399 e. The van der Waals surface area contributed by atoms with Gasteiger partial charge in [-0.2, -0.15) is 0 Å². The van der Waals surface area contributed by atoms with Crippen molar-refractivity contribution in [3.05, 3.63) is 53.6 Å². The fraction of sp³-hybridized carbons (Fsp3) is 0.125. The summed E-state index contributed by atoms with van der Waals surface area (Å²) in [5, 5.41) is 0.0540. The molecule has 1 saturated heterocycles. The number of imide groups is 1. The van der Waals surface area contributed by atoms with E-state index in [0.717, 1.165) is 4.90 Å². The molecule has 2 N–H and O–H groups in total. The molecule has 1 atom stereocenters. The summed E-state index contributed by atoms with van der Waals surface area (Å²) in [6.45, 7) is 0. The van der Waals surface area contributed by atoms with Crippen molar-refractivity contribution < 1.29 is 9.59 Å². The zero-order valence-electron chi connectivity index (χ0n) is 11.5. The van der Waals surface area contributed by atoms with Gasteiger partial charge in [-0.1, -0.05) is 23.7 Å². The average Bonchev–Trinajstić information content (AvgIpc) is 2.73. The molecule has 4 nitrogen and oxygen atoms in total. The van der Waals surface area contributed by atoms with Gasteiger partial charge in [-0.15, -0.1) is 11.8 Å². The summed E-state index contributed by atoms with van der Waals surface area (Å²) in [4.78, 5) is 26.8. The van der Waals surface area contributed by atoms with Gasteiger partial charge in [0.05, 0.1) is 10.9 Å². The second-order valence-electron chi connectivity index (χ2n) is 4.93. The number of hydrogen-bond acceptors (Lipinski definition) is 4. The van der Waals surface area contributed by atoms with Crippen LogP contribution in [0, 0.1) is 0 Å². The van der Waals surface area contributed by atoms with Gasteiger partial charge in [-0.3, -0.25) is 9.59 Å². The van der Waals surface area contributed by atoms with Crippen LogP contribution in [0.25, 0.3) is 0 Å². The number of benzene rings is 2. The Bertz CT molecular complexity index is 750. The van der Waals surface area contributed by atoms with Crippen LogP contribution in [-0.2, 0) is 9.59 Å². The Morgan fingerprint density at radius 3 is 2.64 bits per heavy atom. The van der Waals surface area contributed by atoms with E-state index in [1.54, 1.807) is 36.4 Å². The minimum atomic E-state index is -0.437. The number of hydrogen-bond donors (Lipinski definition) is 1. The number of carbonyl (C=O) groups excluding carboxylic acids is 2. The second kappa shape index (κ2) is 6.02. The third kappa shape index (κ3) is 2.96. The topological polar surface area (TPSA) is 63.4 Å². The maximum Gasteiger partial charge on any atom is 0.247 e. The number of nitrogen functional groups attached to an aromatic ring is 1. The highest BCUT2D eigenvalue weighted by Crippen LogP contribution is 2.35. The highest BCUT2D eigenvalue weighted by atomic mass is 35.5. The van der Waals surface area contributed by atoms with Crippen LogP contribution in [0.5, 0.6) is 0 Å². The first-order valence-corrected chi connectivity index (χ1v) is 7.95. The lowest BCUT2D eigenvalue weighted by molar-refractivity contribution is -0.121. The van der Waals surface area contributed by atoms with Crippen LogP contribution < -0.4 is 10.6 Å². The fourth-order valence-corrected chi connectivity index (χ4v) is 3.64. The first kappa shape index (κ1) is 14.9. The zero-order chi connectivity index (χ0) is 15.7. The van der Waals surface area contributed by atoms with E-state index in [0.29, 0.717) is 16.4 Å². The summed E-state index contributed by atoms with van der Waals surface area (Å²) >= 11 is 7.29. The lowest BCUT2D eigenvalue weighted by Gasteiger charge is -2.15. The summed E-state index contributed by atoms with van der Waals surface area (Å²) in [5.74, 6) is -0.437. The number of anilines is 2. The highest BCUT2D eigenvalue weighted by Gasteiger charge is 2.40. The van der Waals surface area contributed by atoms with Crippen LogP contribution >= 0.6 is 23.4 Å². The lowest BCUT2D eigenvalue weighted by atomic mass is 10.3. The molecule has 3 rings (SSSR count). The van der Waals surface area contributed by atoms with Crippen molar-refractivity contribution in [2.75, 3.05) is 10.6 Å². The number of halogens is 1. The predicted octanol–water partition coefficient (Wildman–Crippen LogP) is 3.35. The zero-order valence-corrected chi connectivity index (χ0v) is 13.1. The van der Waals surface area contributed by atoms with E-state index in [-0.39, 0.29) is 18.2 Å². The third-order valence-electron chi connectivity index (χ3n) is 3.31. The number of nitrogens with two attached hydrogens (primary N) is 1. The number of thioether (sulfide) groups is 1. The number of rotatable bonds is 3. The Balaban J connectivity index is 1.82. The van der Waals surface area contributed by atoms with Gasteiger partial charge in [-0.05, 0) is 36.4 Å². The van der Waals surface area contributed by atoms with Gasteiger partial charge in [0.2, 0.25) is 11.8 Å². The molecule has 0 saturated carbocycles. The molecule has 0 spiro atoms. The molecule has 2 aromatic carbocycles. The monoisotopic (exact) mass is 332 g/mol. The van der Waals surface area contributed by atoms with E-state index in [2.05, 4.69) is 0 Å². The predicted molar refractivity (Wildman–Crippen MR) is 89.1 cm³/mol. The van der Waals surface area contributed by atoms with Crippen LogP contribution in [0.2, 0.25) is 5.02 Å². The summed E-state index contributed by atoms with van der Waals surface area (Å²) in [6.07, 6.45) is 0.171. The van der Waals surface area contributed by atoms with E-state index in [1.165, 1.54) is 16.7 Å².